The van der Waals surface area contributed by atoms with Crippen molar-refractivity contribution >= 4 is 25.8 Å². The van der Waals surface area contributed by atoms with Gasteiger partial charge >= 0.3 is 0 Å². The maximum absolute atomic E-state index is 13.5. The molecule has 0 aromatic heterocycles. The number of carbonyl (C=O) groups is 1. The van der Waals surface area contributed by atoms with Crippen LogP contribution < -0.4 is 0 Å². The smallest absolute Gasteiger partial charge is 0.244 e. The van der Waals surface area contributed by atoms with Gasteiger partial charge in [0, 0.05) is 26.2 Å². The molecule has 2 aliphatic rings. The van der Waals surface area contributed by atoms with Crippen molar-refractivity contribution in [1.29, 1.82) is 0 Å². The van der Waals surface area contributed by atoms with Gasteiger partial charge in [0.15, 0.2) is 14.6 Å². The van der Waals surface area contributed by atoms with Crippen molar-refractivity contribution in [3.63, 3.8) is 0 Å². The fraction of sp³-hybridized carbons (Fsp3) is 0.409. The van der Waals surface area contributed by atoms with E-state index in [2.05, 4.69) is 0 Å². The van der Waals surface area contributed by atoms with Gasteiger partial charge in [-0.1, -0.05) is 31.0 Å². The number of halogens is 1. The van der Waals surface area contributed by atoms with Crippen molar-refractivity contribution in [2.24, 2.45) is 0 Å². The Hall–Kier alpha value is -2.30. The zero-order valence-corrected chi connectivity index (χ0v) is 19.1. The highest BCUT2D eigenvalue weighted by Crippen LogP contribution is 2.42. The number of amides is 1. The molecular formula is C22H25FN2O5S2. The number of benzene rings is 2. The number of hydrogen-bond acceptors (Lipinski definition) is 5. The standard InChI is InChI=1S/C22H25FN2O5S2/c23-18-8-10-20(11-9-18)32(29,30)25-16-14-24(15-17-25)21(26)22(12-4-5-13-22)31(27,28)19-6-2-1-3-7-19/h1-3,6-11H,4-5,12-17H2. The van der Waals surface area contributed by atoms with Crippen LogP contribution in [0.4, 0.5) is 4.39 Å². The summed E-state index contributed by atoms with van der Waals surface area (Å²) >= 11 is 0. The van der Waals surface area contributed by atoms with Crippen molar-refractivity contribution in [3.05, 3.63) is 60.4 Å². The van der Waals surface area contributed by atoms with E-state index in [4.69, 9.17) is 0 Å². The first-order valence-corrected chi connectivity index (χ1v) is 13.5. The topological polar surface area (TPSA) is 91.8 Å². The van der Waals surface area contributed by atoms with Gasteiger partial charge in [0.2, 0.25) is 15.9 Å². The van der Waals surface area contributed by atoms with E-state index in [1.165, 1.54) is 33.5 Å². The number of hydrogen-bond donors (Lipinski definition) is 0. The van der Waals surface area contributed by atoms with Crippen LogP contribution >= 0.6 is 0 Å². The molecule has 2 aromatic carbocycles. The summed E-state index contributed by atoms with van der Waals surface area (Å²) in [7, 11) is -7.72. The summed E-state index contributed by atoms with van der Waals surface area (Å²) in [6.45, 7) is 0.302. The van der Waals surface area contributed by atoms with Gasteiger partial charge < -0.3 is 4.90 Å². The third-order valence-electron chi connectivity index (χ3n) is 6.35. The average molecular weight is 481 g/mol. The normalized spacial score (nSPS) is 19.7. The molecule has 1 aliphatic carbocycles. The first kappa shape index (κ1) is 22.9. The molecule has 2 fully saturated rings. The third kappa shape index (κ3) is 3.84. The molecule has 1 heterocycles. The number of piperazine rings is 1. The number of rotatable bonds is 5. The first-order chi connectivity index (χ1) is 15.2. The number of carbonyl (C=O) groups excluding carboxylic acids is 1. The van der Waals surface area contributed by atoms with Crippen LogP contribution in [0.2, 0.25) is 0 Å². The predicted octanol–water partition coefficient (Wildman–Crippen LogP) is 2.45. The molecule has 32 heavy (non-hydrogen) atoms. The Balaban J connectivity index is 1.54. The van der Waals surface area contributed by atoms with E-state index in [1.807, 2.05) is 0 Å². The lowest BCUT2D eigenvalue weighted by molar-refractivity contribution is -0.135. The van der Waals surface area contributed by atoms with Crippen molar-refractivity contribution in [2.75, 3.05) is 26.2 Å². The largest absolute Gasteiger partial charge is 0.339 e. The van der Waals surface area contributed by atoms with E-state index in [0.29, 0.717) is 12.8 Å². The van der Waals surface area contributed by atoms with Crippen molar-refractivity contribution in [1.82, 2.24) is 9.21 Å². The quantitative estimate of drug-likeness (QED) is 0.656. The number of sulfonamides is 1. The molecule has 172 valence electrons. The van der Waals surface area contributed by atoms with Crippen molar-refractivity contribution in [3.8, 4) is 0 Å². The van der Waals surface area contributed by atoms with E-state index in [-0.39, 0.29) is 48.8 Å². The molecule has 7 nitrogen and oxygen atoms in total. The summed E-state index contributed by atoms with van der Waals surface area (Å²) in [5.74, 6) is -0.974. The molecule has 0 spiro atoms. The summed E-state index contributed by atoms with van der Waals surface area (Å²) in [6.07, 6.45) is 1.82. The molecule has 2 aromatic rings. The maximum atomic E-state index is 13.5. The summed E-state index contributed by atoms with van der Waals surface area (Å²) in [5, 5.41) is 0. The molecule has 0 unspecified atom stereocenters. The van der Waals surface area contributed by atoms with Gasteiger partial charge in [0.25, 0.3) is 0 Å². The second-order valence-corrected chi connectivity index (χ2v) is 12.4. The Labute approximate surface area is 187 Å². The Morgan fingerprint density at radius 1 is 0.781 bits per heavy atom. The Morgan fingerprint density at radius 3 is 1.91 bits per heavy atom. The Bertz CT molecular complexity index is 1180. The van der Waals surface area contributed by atoms with Gasteiger partial charge in [-0.05, 0) is 49.2 Å². The molecule has 10 heteroatoms. The van der Waals surface area contributed by atoms with Gasteiger partial charge in [0.1, 0.15) is 5.82 Å². The molecule has 1 amide bonds. The monoisotopic (exact) mass is 480 g/mol. The fourth-order valence-electron chi connectivity index (χ4n) is 4.54. The van der Waals surface area contributed by atoms with Crippen molar-refractivity contribution < 1.29 is 26.0 Å². The van der Waals surface area contributed by atoms with Crippen molar-refractivity contribution in [2.45, 2.75) is 40.2 Å². The highest BCUT2D eigenvalue weighted by atomic mass is 32.2. The lowest BCUT2D eigenvalue weighted by atomic mass is 10.0. The van der Waals surface area contributed by atoms with Crippen LogP contribution in [0.1, 0.15) is 25.7 Å². The molecule has 4 rings (SSSR count). The van der Waals surface area contributed by atoms with Crippen LogP contribution in [0, 0.1) is 5.82 Å². The Morgan fingerprint density at radius 2 is 1.34 bits per heavy atom. The minimum atomic E-state index is -3.90. The van der Waals surface area contributed by atoms with E-state index in [9.17, 15) is 26.0 Å². The molecule has 1 saturated carbocycles. The van der Waals surface area contributed by atoms with Crippen LogP contribution in [-0.2, 0) is 24.7 Å². The number of sulfone groups is 1. The summed E-state index contributed by atoms with van der Waals surface area (Å²) in [4.78, 5) is 15.1. The van der Waals surface area contributed by atoms with E-state index >= 15 is 0 Å². The highest BCUT2D eigenvalue weighted by molar-refractivity contribution is 7.93. The average Bonchev–Trinajstić information content (AvgIpc) is 3.31. The fourth-order valence-corrected chi connectivity index (χ4v) is 8.12. The molecule has 1 aliphatic heterocycles. The molecule has 0 bridgehead atoms. The van der Waals surface area contributed by atoms with Crippen LogP contribution in [0.5, 0.6) is 0 Å². The van der Waals surface area contributed by atoms with Gasteiger partial charge in [-0.3, -0.25) is 4.79 Å². The SMILES string of the molecule is O=C(N1CCN(S(=O)(=O)c2ccc(F)cc2)CC1)C1(S(=O)(=O)c2ccccc2)CCCC1. The van der Waals surface area contributed by atoms with Crippen LogP contribution in [0.15, 0.2) is 64.4 Å². The molecular weight excluding hydrogens is 455 g/mol. The molecule has 0 radical (unpaired) electrons. The zero-order chi connectivity index (χ0) is 23.0. The highest BCUT2D eigenvalue weighted by Gasteiger charge is 2.54. The van der Waals surface area contributed by atoms with E-state index < -0.39 is 36.3 Å². The lowest BCUT2D eigenvalue weighted by Crippen LogP contribution is -2.58. The molecule has 1 saturated heterocycles. The Kier molecular flexibility index (Phi) is 6.12. The van der Waals surface area contributed by atoms with Gasteiger partial charge in [-0.2, -0.15) is 4.31 Å². The lowest BCUT2D eigenvalue weighted by Gasteiger charge is -2.39. The van der Waals surface area contributed by atoms with Gasteiger partial charge in [-0.15, -0.1) is 0 Å². The summed E-state index contributed by atoms with van der Waals surface area (Å²) < 4.78 is 65.6. The van der Waals surface area contributed by atoms with Gasteiger partial charge in [-0.25, -0.2) is 21.2 Å². The van der Waals surface area contributed by atoms with E-state index in [0.717, 1.165) is 12.1 Å². The van der Waals surface area contributed by atoms with Crippen LogP contribution in [-0.4, -0.2) is 62.9 Å². The van der Waals surface area contributed by atoms with Gasteiger partial charge in [0.05, 0.1) is 9.79 Å². The van der Waals surface area contributed by atoms with Crippen LogP contribution in [0.25, 0.3) is 0 Å². The summed E-state index contributed by atoms with van der Waals surface area (Å²) in [5.41, 5.74) is 0. The minimum Gasteiger partial charge on any atom is -0.339 e. The number of nitrogens with zero attached hydrogens (tertiary/aromatic N) is 2. The van der Waals surface area contributed by atoms with E-state index in [1.54, 1.807) is 18.2 Å². The second-order valence-electron chi connectivity index (χ2n) is 8.17. The molecule has 0 N–H and O–H groups in total. The van der Waals surface area contributed by atoms with Crippen LogP contribution in [0.3, 0.4) is 0 Å². The first-order valence-electron chi connectivity index (χ1n) is 10.5. The maximum Gasteiger partial charge on any atom is 0.244 e. The molecule has 0 atom stereocenters. The summed E-state index contributed by atoms with van der Waals surface area (Å²) in [6, 6.07) is 12.6. The third-order valence-corrected chi connectivity index (χ3v) is 10.8. The zero-order valence-electron chi connectivity index (χ0n) is 17.5. The predicted molar refractivity (Wildman–Crippen MR) is 117 cm³/mol. The minimum absolute atomic E-state index is 0.0161. The second kappa shape index (κ2) is 8.57.